The van der Waals surface area contributed by atoms with Crippen LogP contribution in [0.25, 0.3) is 22.3 Å². The van der Waals surface area contributed by atoms with Gasteiger partial charge in [0, 0.05) is 11.8 Å². The Morgan fingerprint density at radius 1 is 0.952 bits per heavy atom. The first-order valence-corrected chi connectivity index (χ1v) is 14.6. The third-order valence-electron chi connectivity index (χ3n) is 6.88. The average Bonchev–Trinajstić information content (AvgIpc) is 3.76. The zero-order valence-corrected chi connectivity index (χ0v) is 24.4. The Labute approximate surface area is 247 Å². The van der Waals surface area contributed by atoms with E-state index in [2.05, 4.69) is 4.99 Å². The van der Waals surface area contributed by atoms with Crippen LogP contribution in [-0.4, -0.2) is 40.5 Å². The van der Waals surface area contributed by atoms with Gasteiger partial charge in [-0.2, -0.15) is 5.10 Å². The fourth-order valence-electron chi connectivity index (χ4n) is 4.88. The predicted octanol–water partition coefficient (Wildman–Crippen LogP) is 4.11. The van der Waals surface area contributed by atoms with E-state index in [1.54, 1.807) is 47.2 Å². The second kappa shape index (κ2) is 11.2. The standard InChI is InChI=1S/C31H24N4O5S2/c1-18-25(30(38)40-3)27(19-11-13-20(14-12-19)29(37)39-2)35-28(36)24(42-31(35)32-18)16-21-17-34(22-8-5-4-6-9-22)33-26(21)23-10-7-15-41-23/h4-17,27H,1-3H3. The smallest absolute Gasteiger partial charge is 0.338 e. The van der Waals surface area contributed by atoms with Crippen LogP contribution < -0.4 is 14.9 Å². The highest BCUT2D eigenvalue weighted by Crippen LogP contribution is 2.31. The molecule has 0 saturated carbocycles. The van der Waals surface area contributed by atoms with Gasteiger partial charge < -0.3 is 9.47 Å². The monoisotopic (exact) mass is 596 g/mol. The molecule has 0 spiro atoms. The number of esters is 2. The van der Waals surface area contributed by atoms with Crippen LogP contribution in [0.4, 0.5) is 0 Å². The van der Waals surface area contributed by atoms with Gasteiger partial charge in [-0.05, 0) is 54.3 Å². The van der Waals surface area contributed by atoms with Crippen molar-refractivity contribution in [3.63, 3.8) is 0 Å². The normalized spacial score (nSPS) is 14.8. The fraction of sp³-hybridized carbons (Fsp3) is 0.129. The summed E-state index contributed by atoms with van der Waals surface area (Å²) in [6, 6.07) is 19.5. The number of fused-ring (bicyclic) bond motifs is 1. The number of hydrogen-bond donors (Lipinski definition) is 0. The van der Waals surface area contributed by atoms with Gasteiger partial charge in [-0.3, -0.25) is 9.36 Å². The maximum atomic E-state index is 14.1. The van der Waals surface area contributed by atoms with Gasteiger partial charge in [0.25, 0.3) is 5.56 Å². The number of aromatic nitrogens is 3. The molecular weight excluding hydrogens is 572 g/mol. The lowest BCUT2D eigenvalue weighted by atomic mass is 9.95. The van der Waals surface area contributed by atoms with Gasteiger partial charge >= 0.3 is 11.9 Å². The molecule has 5 aromatic rings. The van der Waals surface area contributed by atoms with Crippen LogP contribution in [0.15, 0.2) is 99.4 Å². The Balaban J connectivity index is 1.54. The molecule has 42 heavy (non-hydrogen) atoms. The lowest BCUT2D eigenvalue weighted by Gasteiger charge is -2.24. The largest absolute Gasteiger partial charge is 0.466 e. The minimum absolute atomic E-state index is 0.249. The van der Waals surface area contributed by atoms with E-state index >= 15 is 0 Å². The molecule has 210 valence electrons. The van der Waals surface area contributed by atoms with Crippen LogP contribution in [0.3, 0.4) is 0 Å². The summed E-state index contributed by atoms with van der Waals surface area (Å²) >= 11 is 2.80. The second-order valence-corrected chi connectivity index (χ2v) is 11.3. The Morgan fingerprint density at radius 3 is 2.36 bits per heavy atom. The first-order chi connectivity index (χ1) is 20.4. The van der Waals surface area contributed by atoms with E-state index in [0.717, 1.165) is 21.8 Å². The van der Waals surface area contributed by atoms with Crippen molar-refractivity contribution in [1.82, 2.24) is 14.3 Å². The highest BCUT2D eigenvalue weighted by molar-refractivity contribution is 7.13. The number of hydrogen-bond acceptors (Lipinski definition) is 9. The van der Waals surface area contributed by atoms with E-state index in [-0.39, 0.29) is 11.1 Å². The van der Waals surface area contributed by atoms with E-state index in [1.165, 1.54) is 30.1 Å². The molecule has 0 saturated heterocycles. The fourth-order valence-corrected chi connectivity index (χ4v) is 6.65. The van der Waals surface area contributed by atoms with Crippen LogP contribution in [-0.2, 0) is 14.3 Å². The van der Waals surface area contributed by atoms with Crippen molar-refractivity contribution in [3.8, 4) is 16.3 Å². The molecule has 2 aromatic carbocycles. The summed E-state index contributed by atoms with van der Waals surface area (Å²) in [5.74, 6) is -1.07. The molecule has 0 radical (unpaired) electrons. The van der Waals surface area contributed by atoms with Crippen molar-refractivity contribution in [3.05, 3.63) is 126 Å². The molecule has 0 aliphatic carbocycles. The number of para-hydroxylation sites is 1. The van der Waals surface area contributed by atoms with Crippen LogP contribution in [0, 0.1) is 0 Å². The number of nitrogens with zero attached hydrogens (tertiary/aromatic N) is 4. The molecule has 1 aliphatic rings. The summed E-state index contributed by atoms with van der Waals surface area (Å²) in [4.78, 5) is 45.1. The summed E-state index contributed by atoms with van der Waals surface area (Å²) < 4.78 is 13.6. The summed E-state index contributed by atoms with van der Waals surface area (Å²) in [5.41, 5.74) is 3.79. The molecule has 0 amide bonds. The van der Waals surface area contributed by atoms with Gasteiger partial charge in [-0.15, -0.1) is 11.3 Å². The summed E-state index contributed by atoms with van der Waals surface area (Å²) in [6.45, 7) is 1.72. The first kappa shape index (κ1) is 27.3. The maximum absolute atomic E-state index is 14.1. The third kappa shape index (κ3) is 4.82. The molecule has 1 aliphatic heterocycles. The Hall–Kier alpha value is -4.87. The molecule has 1 unspecified atom stereocenters. The lowest BCUT2D eigenvalue weighted by molar-refractivity contribution is -0.136. The number of methoxy groups -OCH3 is 2. The zero-order chi connectivity index (χ0) is 29.4. The van der Waals surface area contributed by atoms with Crippen molar-refractivity contribution >= 4 is 40.7 Å². The number of carbonyl (C=O) groups is 2. The Kier molecular flexibility index (Phi) is 7.27. The number of rotatable bonds is 6. The van der Waals surface area contributed by atoms with E-state index in [4.69, 9.17) is 14.6 Å². The van der Waals surface area contributed by atoms with Crippen LogP contribution in [0.2, 0.25) is 0 Å². The first-order valence-electron chi connectivity index (χ1n) is 12.9. The molecule has 0 fully saturated rings. The van der Waals surface area contributed by atoms with Crippen LogP contribution in [0.5, 0.6) is 0 Å². The van der Waals surface area contributed by atoms with Crippen molar-refractivity contribution < 1.29 is 19.1 Å². The molecule has 0 bridgehead atoms. The number of carbonyl (C=O) groups excluding carboxylic acids is 2. The van der Waals surface area contributed by atoms with Crippen LogP contribution >= 0.6 is 22.7 Å². The molecule has 3 aromatic heterocycles. The minimum atomic E-state index is -0.800. The lowest BCUT2D eigenvalue weighted by Crippen LogP contribution is -2.39. The number of benzene rings is 2. The van der Waals surface area contributed by atoms with E-state index in [9.17, 15) is 14.4 Å². The van der Waals surface area contributed by atoms with Gasteiger partial charge in [-0.25, -0.2) is 19.3 Å². The van der Waals surface area contributed by atoms with Crippen molar-refractivity contribution in [2.75, 3.05) is 14.2 Å². The Bertz CT molecular complexity index is 2020. The summed E-state index contributed by atoms with van der Waals surface area (Å²) in [5, 5.41) is 6.83. The number of ether oxygens (including phenoxy) is 2. The van der Waals surface area contributed by atoms with Gasteiger partial charge in [0.2, 0.25) is 0 Å². The molecule has 1 atom stereocenters. The molecule has 9 nitrogen and oxygen atoms in total. The summed E-state index contributed by atoms with van der Waals surface area (Å²) in [6.07, 6.45) is 3.72. The number of thiazole rings is 1. The molecule has 11 heteroatoms. The van der Waals surface area contributed by atoms with Gasteiger partial charge in [0.15, 0.2) is 4.80 Å². The van der Waals surface area contributed by atoms with Gasteiger partial charge in [0.05, 0.1) is 52.2 Å². The molecule has 4 heterocycles. The predicted molar refractivity (Wildman–Crippen MR) is 160 cm³/mol. The molecular formula is C31H24N4O5S2. The van der Waals surface area contributed by atoms with E-state index in [1.807, 2.05) is 60.1 Å². The number of allylic oxidation sites excluding steroid dienone is 1. The van der Waals surface area contributed by atoms with E-state index < -0.39 is 18.0 Å². The highest BCUT2D eigenvalue weighted by Gasteiger charge is 2.33. The Morgan fingerprint density at radius 2 is 1.69 bits per heavy atom. The average molecular weight is 597 g/mol. The second-order valence-electron chi connectivity index (χ2n) is 9.38. The van der Waals surface area contributed by atoms with E-state index in [0.29, 0.717) is 26.2 Å². The van der Waals surface area contributed by atoms with Crippen molar-refractivity contribution in [2.24, 2.45) is 4.99 Å². The van der Waals surface area contributed by atoms with Crippen molar-refractivity contribution in [2.45, 2.75) is 13.0 Å². The zero-order valence-electron chi connectivity index (χ0n) is 22.8. The quantitative estimate of drug-likeness (QED) is 0.273. The molecule has 0 N–H and O–H groups in total. The number of thiophene rings is 1. The highest BCUT2D eigenvalue weighted by atomic mass is 32.1. The molecule has 6 rings (SSSR count). The van der Waals surface area contributed by atoms with Gasteiger partial charge in [0.1, 0.15) is 5.69 Å². The topological polar surface area (TPSA) is 105 Å². The summed E-state index contributed by atoms with van der Waals surface area (Å²) in [7, 11) is 2.60. The third-order valence-corrected chi connectivity index (χ3v) is 8.74. The van der Waals surface area contributed by atoms with Gasteiger partial charge in [-0.1, -0.05) is 47.7 Å². The van der Waals surface area contributed by atoms with Crippen LogP contribution in [0.1, 0.15) is 34.5 Å². The SMILES string of the molecule is COC(=O)C1=C(C)N=c2sc(=Cc3cn(-c4ccccc4)nc3-c3cccs3)c(=O)n2C1c1ccc(C(=O)OC)cc1. The maximum Gasteiger partial charge on any atom is 0.338 e. The minimum Gasteiger partial charge on any atom is -0.466 e. The van der Waals surface area contributed by atoms with Crippen molar-refractivity contribution in [1.29, 1.82) is 0 Å².